The van der Waals surface area contributed by atoms with Crippen LogP contribution in [0.4, 0.5) is 11.5 Å². The minimum atomic E-state index is -1.52. The number of hydrogen-bond donors (Lipinski definition) is 5. The van der Waals surface area contributed by atoms with Crippen LogP contribution in [0.25, 0.3) is 16.9 Å². The summed E-state index contributed by atoms with van der Waals surface area (Å²) >= 11 is 0. The Morgan fingerprint density at radius 3 is 2.88 bits per heavy atom. The second kappa shape index (κ2) is 7.95. The molecule has 160 valence electrons. The average Bonchev–Trinajstić information content (AvgIpc) is 3.44. The van der Waals surface area contributed by atoms with Crippen molar-refractivity contribution in [3.8, 4) is 5.95 Å². The number of anilines is 2. The van der Waals surface area contributed by atoms with Crippen LogP contribution in [0.2, 0.25) is 0 Å². The van der Waals surface area contributed by atoms with E-state index in [1.54, 1.807) is 41.2 Å². The highest BCUT2D eigenvalue weighted by molar-refractivity contribution is 6.58. The van der Waals surface area contributed by atoms with Gasteiger partial charge < -0.3 is 26.4 Å². The van der Waals surface area contributed by atoms with Crippen molar-refractivity contribution in [2.75, 3.05) is 17.2 Å². The van der Waals surface area contributed by atoms with E-state index in [-0.39, 0.29) is 0 Å². The molecule has 0 unspecified atom stereocenters. The predicted octanol–water partition coefficient (Wildman–Crippen LogP) is 0.174. The fourth-order valence-corrected chi connectivity index (χ4v) is 3.86. The van der Waals surface area contributed by atoms with Gasteiger partial charge in [0.25, 0.3) is 5.95 Å². The Hall–Kier alpha value is -3.96. The third kappa shape index (κ3) is 3.53. The van der Waals surface area contributed by atoms with Gasteiger partial charge in [-0.15, -0.1) is 0 Å². The number of amides is 1. The molecule has 3 heterocycles. The number of nitrogens with zero attached hydrogens (tertiary/aromatic N) is 4. The van der Waals surface area contributed by atoms with Crippen LogP contribution in [0.1, 0.15) is 21.6 Å². The summed E-state index contributed by atoms with van der Waals surface area (Å²) in [7, 11) is -1.52. The Labute approximate surface area is 183 Å². The summed E-state index contributed by atoms with van der Waals surface area (Å²) in [5, 5.41) is 30.5. The summed E-state index contributed by atoms with van der Waals surface area (Å²) in [6, 6.07) is 12.3. The first-order valence-corrected chi connectivity index (χ1v) is 10.1. The molecule has 32 heavy (non-hydrogen) atoms. The van der Waals surface area contributed by atoms with Crippen molar-refractivity contribution >= 4 is 40.9 Å². The zero-order chi connectivity index (χ0) is 22.2. The Kier molecular flexibility index (Phi) is 4.96. The normalized spacial score (nSPS) is 12.4. The van der Waals surface area contributed by atoms with Gasteiger partial charge in [-0.3, -0.25) is 4.79 Å². The van der Waals surface area contributed by atoms with Crippen LogP contribution in [0.5, 0.6) is 0 Å². The van der Waals surface area contributed by atoms with Gasteiger partial charge in [-0.05, 0) is 23.2 Å². The number of hydrogen-bond acceptors (Lipinski definition) is 8. The summed E-state index contributed by atoms with van der Waals surface area (Å²) in [5.41, 5.74) is 9.56. The molecule has 0 saturated carbocycles. The molecular formula is C21H20BN7O3. The molecule has 1 aliphatic heterocycles. The third-order valence-electron chi connectivity index (χ3n) is 5.41. The first-order chi connectivity index (χ1) is 15.5. The number of nitrogens with one attached hydrogen (secondary N) is 2. The van der Waals surface area contributed by atoms with Crippen LogP contribution in [-0.4, -0.2) is 49.4 Å². The van der Waals surface area contributed by atoms with E-state index in [2.05, 4.69) is 25.7 Å². The summed E-state index contributed by atoms with van der Waals surface area (Å²) in [6.45, 7) is 1.18. The van der Waals surface area contributed by atoms with Crippen molar-refractivity contribution in [2.45, 2.75) is 13.0 Å². The lowest BCUT2D eigenvalue weighted by Crippen LogP contribution is -2.30. The van der Waals surface area contributed by atoms with Gasteiger partial charge in [0, 0.05) is 24.9 Å². The molecule has 10 nitrogen and oxygen atoms in total. The molecule has 2 aromatic heterocycles. The highest BCUT2D eigenvalue weighted by Gasteiger charge is 2.21. The molecule has 0 aliphatic carbocycles. The van der Waals surface area contributed by atoms with Crippen LogP contribution in [0.15, 0.2) is 48.7 Å². The molecule has 5 rings (SSSR count). The van der Waals surface area contributed by atoms with E-state index < -0.39 is 13.0 Å². The molecular weight excluding hydrogens is 409 g/mol. The molecule has 1 amide bonds. The lowest BCUT2D eigenvalue weighted by molar-refractivity contribution is 0.100. The van der Waals surface area contributed by atoms with E-state index in [0.29, 0.717) is 40.2 Å². The van der Waals surface area contributed by atoms with Gasteiger partial charge in [0.15, 0.2) is 5.82 Å². The SMILES string of the molecule is NC(=O)c1cccc2c1cnn2-c1nc2c(c(NCc3cccc(B(O)O)c3)n1)NCC2. The van der Waals surface area contributed by atoms with E-state index in [4.69, 9.17) is 5.73 Å². The first kappa shape index (κ1) is 20.0. The van der Waals surface area contributed by atoms with Gasteiger partial charge in [0.05, 0.1) is 28.7 Å². The van der Waals surface area contributed by atoms with Gasteiger partial charge in [-0.25, -0.2) is 4.98 Å². The predicted molar refractivity (Wildman–Crippen MR) is 121 cm³/mol. The Balaban J connectivity index is 1.52. The van der Waals surface area contributed by atoms with Crippen molar-refractivity contribution in [3.05, 3.63) is 65.5 Å². The molecule has 0 spiro atoms. The minimum Gasteiger partial charge on any atom is -0.423 e. The lowest BCUT2D eigenvalue weighted by atomic mass is 9.80. The van der Waals surface area contributed by atoms with Crippen molar-refractivity contribution < 1.29 is 14.8 Å². The topological polar surface area (TPSA) is 151 Å². The van der Waals surface area contributed by atoms with Crippen LogP contribution in [0.3, 0.4) is 0 Å². The van der Waals surface area contributed by atoms with Crippen LogP contribution in [-0.2, 0) is 13.0 Å². The Bertz CT molecular complexity index is 1340. The van der Waals surface area contributed by atoms with Crippen LogP contribution < -0.4 is 21.8 Å². The number of aromatic nitrogens is 4. The number of carbonyl (C=O) groups is 1. The third-order valence-corrected chi connectivity index (χ3v) is 5.41. The van der Waals surface area contributed by atoms with E-state index >= 15 is 0 Å². The molecule has 2 aromatic carbocycles. The fourth-order valence-electron chi connectivity index (χ4n) is 3.86. The van der Waals surface area contributed by atoms with Crippen molar-refractivity contribution in [1.29, 1.82) is 0 Å². The zero-order valence-corrected chi connectivity index (χ0v) is 17.0. The van der Waals surface area contributed by atoms with Crippen molar-refractivity contribution in [3.63, 3.8) is 0 Å². The molecule has 0 saturated heterocycles. The number of benzene rings is 2. The van der Waals surface area contributed by atoms with Crippen LogP contribution in [0, 0.1) is 0 Å². The lowest BCUT2D eigenvalue weighted by Gasteiger charge is -2.13. The van der Waals surface area contributed by atoms with Gasteiger partial charge in [0.2, 0.25) is 5.91 Å². The van der Waals surface area contributed by atoms with Gasteiger partial charge in [0.1, 0.15) is 0 Å². The first-order valence-electron chi connectivity index (χ1n) is 10.1. The number of rotatable bonds is 6. The molecule has 1 aliphatic rings. The van der Waals surface area contributed by atoms with E-state index in [9.17, 15) is 14.8 Å². The standard InChI is InChI=1S/C21H20BN7O3/c23-19(30)14-5-2-6-17-15(14)11-26-29(17)21-27-16-7-8-24-18(16)20(28-21)25-10-12-3-1-4-13(9-12)22(31)32/h1-6,9,11,24,31-32H,7-8,10H2,(H2,23,30)(H,25,27,28). The van der Waals surface area contributed by atoms with Crippen molar-refractivity contribution in [2.24, 2.45) is 5.73 Å². The second-order valence-corrected chi connectivity index (χ2v) is 7.50. The average molecular weight is 429 g/mol. The molecule has 4 aromatic rings. The summed E-state index contributed by atoms with van der Waals surface area (Å²) in [4.78, 5) is 21.1. The Morgan fingerprint density at radius 1 is 1.22 bits per heavy atom. The second-order valence-electron chi connectivity index (χ2n) is 7.50. The molecule has 6 N–H and O–H groups in total. The largest absolute Gasteiger partial charge is 0.488 e. The quantitative estimate of drug-likeness (QED) is 0.272. The van der Waals surface area contributed by atoms with E-state index in [0.717, 1.165) is 29.9 Å². The zero-order valence-electron chi connectivity index (χ0n) is 17.0. The number of fused-ring (bicyclic) bond motifs is 2. The van der Waals surface area contributed by atoms with Gasteiger partial charge in [-0.2, -0.15) is 14.8 Å². The molecule has 0 bridgehead atoms. The molecule has 0 atom stereocenters. The van der Waals surface area contributed by atoms with E-state index in [1.807, 2.05) is 12.1 Å². The highest BCUT2D eigenvalue weighted by atomic mass is 16.4. The molecule has 0 radical (unpaired) electrons. The van der Waals surface area contributed by atoms with Gasteiger partial charge >= 0.3 is 7.12 Å². The molecule has 11 heteroatoms. The number of carbonyl (C=O) groups excluding carboxylic acids is 1. The fraction of sp³-hybridized carbons (Fsp3) is 0.143. The van der Waals surface area contributed by atoms with E-state index in [1.165, 1.54) is 0 Å². The molecule has 0 fully saturated rings. The summed E-state index contributed by atoms with van der Waals surface area (Å²) < 4.78 is 1.59. The maximum atomic E-state index is 11.8. The van der Waals surface area contributed by atoms with Gasteiger partial charge in [-0.1, -0.05) is 30.3 Å². The number of primary amides is 1. The summed E-state index contributed by atoms with van der Waals surface area (Å²) in [6.07, 6.45) is 2.33. The Morgan fingerprint density at radius 2 is 2.06 bits per heavy atom. The monoisotopic (exact) mass is 429 g/mol. The number of nitrogens with two attached hydrogens (primary N) is 1. The summed E-state index contributed by atoms with van der Waals surface area (Å²) in [5.74, 6) is 0.477. The van der Waals surface area contributed by atoms with Crippen LogP contribution >= 0.6 is 0 Å². The maximum Gasteiger partial charge on any atom is 0.488 e. The van der Waals surface area contributed by atoms with Crippen molar-refractivity contribution in [1.82, 2.24) is 19.7 Å². The maximum absolute atomic E-state index is 11.8. The smallest absolute Gasteiger partial charge is 0.423 e. The minimum absolute atomic E-state index is 0.381. The highest BCUT2D eigenvalue weighted by Crippen LogP contribution is 2.30.